The van der Waals surface area contributed by atoms with Gasteiger partial charge >= 0.3 is 0 Å². The fourth-order valence-corrected chi connectivity index (χ4v) is 5.31. The van der Waals surface area contributed by atoms with Gasteiger partial charge < -0.3 is 4.90 Å². The first-order chi connectivity index (χ1) is 14.6. The largest absolute Gasteiger partial charge is 0.369 e. The number of thioether (sulfide) groups is 1. The molecule has 4 nitrogen and oxygen atoms in total. The quantitative estimate of drug-likeness (QED) is 0.544. The van der Waals surface area contributed by atoms with E-state index in [-0.39, 0.29) is 39.9 Å². The number of aryl methyl sites for hydroxylation is 1. The van der Waals surface area contributed by atoms with Gasteiger partial charge in [0.2, 0.25) is 0 Å². The number of amides is 2. The van der Waals surface area contributed by atoms with Crippen LogP contribution in [0.3, 0.4) is 0 Å². The molecule has 2 aliphatic heterocycles. The average Bonchev–Trinajstić information content (AvgIpc) is 2.94. The summed E-state index contributed by atoms with van der Waals surface area (Å²) >= 11 is 0.869. The van der Waals surface area contributed by atoms with Crippen molar-refractivity contribution in [3.05, 3.63) is 69.4 Å². The number of carbonyl (C=O) groups is 2. The van der Waals surface area contributed by atoms with Crippen molar-refractivity contribution in [2.75, 3.05) is 11.9 Å². The fraction of sp³-hybridized carbons (Fsp3) is 0.360. The maximum absolute atomic E-state index is 15.0. The highest BCUT2D eigenvalue weighted by atomic mass is 32.2. The highest BCUT2D eigenvalue weighted by Gasteiger charge is 2.37. The van der Waals surface area contributed by atoms with Gasteiger partial charge in [-0.1, -0.05) is 36.8 Å². The molecular formula is C25H27FN2O2S. The van der Waals surface area contributed by atoms with E-state index in [0.717, 1.165) is 40.6 Å². The van der Waals surface area contributed by atoms with Crippen LogP contribution in [0.1, 0.15) is 55.4 Å². The van der Waals surface area contributed by atoms with Gasteiger partial charge in [0.1, 0.15) is 5.82 Å². The Kier molecular flexibility index (Phi) is 5.46. The molecule has 4 rings (SSSR count). The predicted molar refractivity (Wildman–Crippen MR) is 125 cm³/mol. The molecule has 2 aromatic carbocycles. The van der Waals surface area contributed by atoms with Crippen LogP contribution in [0.2, 0.25) is 0 Å². The second-order valence-electron chi connectivity index (χ2n) is 9.17. The molecule has 2 heterocycles. The average molecular weight is 439 g/mol. The summed E-state index contributed by atoms with van der Waals surface area (Å²) in [5, 5.41) is -0.328. The third-order valence-electron chi connectivity index (χ3n) is 6.34. The Hall–Kier alpha value is -2.60. The Bertz CT molecular complexity index is 1110. The van der Waals surface area contributed by atoms with E-state index in [0.29, 0.717) is 5.56 Å². The molecule has 0 radical (unpaired) electrons. The number of benzene rings is 2. The summed E-state index contributed by atoms with van der Waals surface area (Å²) in [6, 6.07) is 11.1. The number of anilines is 1. The van der Waals surface area contributed by atoms with Crippen molar-refractivity contribution in [2.24, 2.45) is 0 Å². The van der Waals surface area contributed by atoms with Crippen molar-refractivity contribution in [3.63, 3.8) is 0 Å². The molecule has 0 saturated carbocycles. The summed E-state index contributed by atoms with van der Waals surface area (Å²) in [5.74, 6) is -0.494. The first kappa shape index (κ1) is 21.6. The Morgan fingerprint density at radius 3 is 2.68 bits per heavy atom. The number of nitrogens with zero attached hydrogens (tertiary/aromatic N) is 2. The van der Waals surface area contributed by atoms with Crippen LogP contribution < -0.4 is 4.90 Å². The third-order valence-corrected chi connectivity index (χ3v) is 7.24. The molecule has 2 aliphatic rings. The van der Waals surface area contributed by atoms with Crippen molar-refractivity contribution < 1.29 is 14.0 Å². The van der Waals surface area contributed by atoms with Crippen molar-refractivity contribution in [3.8, 4) is 0 Å². The van der Waals surface area contributed by atoms with Gasteiger partial charge in [-0.2, -0.15) is 0 Å². The van der Waals surface area contributed by atoms with Crippen LogP contribution in [-0.4, -0.2) is 28.6 Å². The highest BCUT2D eigenvalue weighted by molar-refractivity contribution is 8.18. The summed E-state index contributed by atoms with van der Waals surface area (Å²) in [7, 11) is 1.99. The van der Waals surface area contributed by atoms with Gasteiger partial charge in [0.05, 0.1) is 11.4 Å². The molecule has 1 saturated heterocycles. The van der Waals surface area contributed by atoms with E-state index in [1.54, 1.807) is 6.07 Å². The van der Waals surface area contributed by atoms with E-state index < -0.39 is 0 Å². The molecule has 0 N–H and O–H groups in total. The van der Waals surface area contributed by atoms with Crippen LogP contribution in [0.4, 0.5) is 14.9 Å². The SMILES string of the molecule is Cc1cccc(CN2C(=O)S/C(=C/c3cc4c(cc3F)N(C)C(C)(C)CC4C)C2=O)c1. The lowest BCUT2D eigenvalue weighted by molar-refractivity contribution is -0.123. The minimum absolute atomic E-state index is 0.0567. The van der Waals surface area contributed by atoms with Crippen molar-refractivity contribution in [1.29, 1.82) is 0 Å². The molecule has 0 aromatic heterocycles. The lowest BCUT2D eigenvalue weighted by Crippen LogP contribution is -2.45. The molecular weight excluding hydrogens is 411 g/mol. The van der Waals surface area contributed by atoms with Crippen LogP contribution in [0.15, 0.2) is 41.3 Å². The van der Waals surface area contributed by atoms with E-state index in [1.807, 2.05) is 44.3 Å². The van der Waals surface area contributed by atoms with Gasteiger partial charge in [0, 0.05) is 23.8 Å². The summed E-state index contributed by atoms with van der Waals surface area (Å²) in [5.41, 5.74) is 4.19. The number of carbonyl (C=O) groups excluding carboxylic acids is 2. The monoisotopic (exact) mass is 438 g/mol. The van der Waals surface area contributed by atoms with Gasteiger partial charge in [-0.05, 0) is 74.2 Å². The Labute approximate surface area is 187 Å². The lowest BCUT2D eigenvalue weighted by Gasteiger charge is -2.45. The van der Waals surface area contributed by atoms with Gasteiger partial charge in [0.15, 0.2) is 0 Å². The molecule has 2 aromatic rings. The maximum atomic E-state index is 15.0. The Morgan fingerprint density at radius 2 is 1.97 bits per heavy atom. The van der Waals surface area contributed by atoms with Crippen LogP contribution in [-0.2, 0) is 11.3 Å². The first-order valence-corrected chi connectivity index (χ1v) is 11.3. The fourth-order valence-electron chi connectivity index (χ4n) is 4.49. The number of hydrogen-bond donors (Lipinski definition) is 0. The molecule has 1 atom stereocenters. The summed E-state index contributed by atoms with van der Waals surface area (Å²) in [6.45, 7) is 8.64. The number of hydrogen-bond acceptors (Lipinski definition) is 4. The highest BCUT2D eigenvalue weighted by Crippen LogP contribution is 2.44. The van der Waals surface area contributed by atoms with Gasteiger partial charge in [-0.3, -0.25) is 14.5 Å². The molecule has 1 unspecified atom stereocenters. The van der Waals surface area contributed by atoms with Crippen molar-refractivity contribution in [1.82, 2.24) is 4.90 Å². The second kappa shape index (κ2) is 7.83. The molecule has 0 bridgehead atoms. The predicted octanol–water partition coefficient (Wildman–Crippen LogP) is 6.09. The van der Waals surface area contributed by atoms with E-state index in [2.05, 4.69) is 25.7 Å². The topological polar surface area (TPSA) is 40.6 Å². The summed E-state index contributed by atoms with van der Waals surface area (Å²) in [4.78, 5) is 29.0. The number of imide groups is 1. The standard InChI is InChI=1S/C25H27FN2O2S/c1-15-7-6-8-17(9-15)14-28-23(29)22(31-24(28)30)11-18-10-19-16(2)13-25(3,4)27(5)21(19)12-20(18)26/h6-12,16H,13-14H2,1-5H3/b22-11+. The van der Waals surface area contributed by atoms with Crippen LogP contribution in [0.5, 0.6) is 0 Å². The van der Waals surface area contributed by atoms with Gasteiger partial charge in [-0.25, -0.2) is 4.39 Å². The minimum Gasteiger partial charge on any atom is -0.369 e. The summed E-state index contributed by atoms with van der Waals surface area (Å²) < 4.78 is 15.0. The zero-order valence-electron chi connectivity index (χ0n) is 18.5. The van der Waals surface area contributed by atoms with E-state index in [9.17, 15) is 9.59 Å². The zero-order chi connectivity index (χ0) is 22.5. The van der Waals surface area contributed by atoms with Crippen LogP contribution in [0.25, 0.3) is 6.08 Å². The number of halogens is 1. The van der Waals surface area contributed by atoms with Crippen molar-refractivity contribution >= 4 is 34.7 Å². The molecule has 0 spiro atoms. The Balaban J connectivity index is 1.64. The molecule has 6 heteroatoms. The third kappa shape index (κ3) is 4.01. The summed E-state index contributed by atoms with van der Waals surface area (Å²) in [6.07, 6.45) is 2.47. The smallest absolute Gasteiger partial charge is 0.293 e. The molecule has 31 heavy (non-hydrogen) atoms. The van der Waals surface area contributed by atoms with E-state index in [1.165, 1.54) is 11.0 Å². The Morgan fingerprint density at radius 1 is 1.23 bits per heavy atom. The maximum Gasteiger partial charge on any atom is 0.293 e. The zero-order valence-corrected chi connectivity index (χ0v) is 19.3. The van der Waals surface area contributed by atoms with Gasteiger partial charge in [-0.15, -0.1) is 0 Å². The normalized spacial score (nSPS) is 21.7. The second-order valence-corrected chi connectivity index (χ2v) is 10.2. The van der Waals surface area contributed by atoms with E-state index in [4.69, 9.17) is 0 Å². The first-order valence-electron chi connectivity index (χ1n) is 10.4. The van der Waals surface area contributed by atoms with Crippen molar-refractivity contribution in [2.45, 2.75) is 52.1 Å². The van der Waals surface area contributed by atoms with Gasteiger partial charge in [0.25, 0.3) is 11.1 Å². The van der Waals surface area contributed by atoms with Crippen LogP contribution in [0, 0.1) is 12.7 Å². The minimum atomic E-state index is -0.388. The molecule has 2 amide bonds. The molecule has 1 fully saturated rings. The number of rotatable bonds is 3. The lowest BCUT2D eigenvalue weighted by atomic mass is 9.80. The number of fused-ring (bicyclic) bond motifs is 1. The molecule has 162 valence electrons. The molecule has 0 aliphatic carbocycles. The van der Waals surface area contributed by atoms with E-state index >= 15 is 4.39 Å². The van der Waals surface area contributed by atoms with Crippen LogP contribution >= 0.6 is 11.8 Å².